The number of hydrogen-bond acceptors (Lipinski definition) is 7. The summed E-state index contributed by atoms with van der Waals surface area (Å²) in [7, 11) is 1.40. The van der Waals surface area contributed by atoms with Crippen molar-refractivity contribution in [3.8, 4) is 11.5 Å². The van der Waals surface area contributed by atoms with Crippen molar-refractivity contribution in [1.29, 1.82) is 0 Å². The quantitative estimate of drug-likeness (QED) is 0.251. The van der Waals surface area contributed by atoms with Crippen LogP contribution in [0.25, 0.3) is 0 Å². The zero-order valence-electron chi connectivity index (χ0n) is 24.7. The van der Waals surface area contributed by atoms with Gasteiger partial charge in [0.05, 0.1) is 40.4 Å². The Morgan fingerprint density at radius 3 is 2.36 bits per heavy atom. The topological polar surface area (TPSA) is 147 Å². The number of halogens is 3. The molecular formula is C34H26Br2ClN3O7. The van der Waals surface area contributed by atoms with E-state index < -0.39 is 64.7 Å². The Bertz CT molecular complexity index is 1950. The fourth-order valence-electron chi connectivity index (χ4n) is 8.28. The molecule has 3 aromatic rings. The lowest BCUT2D eigenvalue weighted by atomic mass is 9.49. The SMILES string of the molecule is COc1cc([C@H]2C3=CC[C@@H]4C(=O)N(C(N)=O)C(=O)[C@@H]4[C@@H]3C[C@H]3C(=O)N(c4cccc(Cl)c4)C(=O)[C@@]23c2ccccc2)c(Br)c(Br)c1O. The number of carbonyl (C=O) groups is 5. The Kier molecular flexibility index (Phi) is 7.60. The van der Waals surface area contributed by atoms with E-state index in [4.69, 9.17) is 22.1 Å². The summed E-state index contributed by atoms with van der Waals surface area (Å²) in [6.45, 7) is 0. The molecule has 240 valence electrons. The van der Waals surface area contributed by atoms with Crippen molar-refractivity contribution in [2.45, 2.75) is 24.2 Å². The number of hydrogen-bond donors (Lipinski definition) is 2. The summed E-state index contributed by atoms with van der Waals surface area (Å²) >= 11 is 13.5. The van der Waals surface area contributed by atoms with Gasteiger partial charge in [-0.05, 0) is 86.0 Å². The smallest absolute Gasteiger partial charge is 0.328 e. The Morgan fingerprint density at radius 2 is 1.70 bits per heavy atom. The van der Waals surface area contributed by atoms with E-state index in [1.807, 2.05) is 12.1 Å². The first kappa shape index (κ1) is 31.6. The number of carbonyl (C=O) groups excluding carboxylic acids is 5. The fraction of sp³-hybridized carbons (Fsp3) is 0.265. The minimum atomic E-state index is -1.55. The fourth-order valence-corrected chi connectivity index (χ4v) is 9.42. The molecular weight excluding hydrogens is 758 g/mol. The molecule has 6 atom stereocenters. The third-order valence-electron chi connectivity index (χ3n) is 10.1. The van der Waals surface area contributed by atoms with E-state index in [-0.39, 0.29) is 28.8 Å². The first-order valence-corrected chi connectivity index (χ1v) is 16.7. The molecule has 0 unspecified atom stereocenters. The number of rotatable bonds is 4. The molecule has 3 aromatic carbocycles. The first-order chi connectivity index (χ1) is 22.4. The maximum atomic E-state index is 15.3. The predicted molar refractivity (Wildman–Crippen MR) is 178 cm³/mol. The number of amides is 6. The van der Waals surface area contributed by atoms with Crippen molar-refractivity contribution in [1.82, 2.24) is 4.90 Å². The number of ether oxygens (including phenoxy) is 1. The van der Waals surface area contributed by atoms with Crippen LogP contribution in [0.15, 0.2) is 81.3 Å². The number of methoxy groups -OCH3 is 1. The number of phenols is 1. The molecule has 10 nitrogen and oxygen atoms in total. The van der Waals surface area contributed by atoms with Crippen LogP contribution in [0.3, 0.4) is 0 Å². The number of aromatic hydroxyl groups is 1. The maximum Gasteiger partial charge on any atom is 0.328 e. The van der Waals surface area contributed by atoms with Crippen molar-refractivity contribution in [2.75, 3.05) is 12.0 Å². The van der Waals surface area contributed by atoms with Crippen LogP contribution in [0.2, 0.25) is 5.02 Å². The van der Waals surface area contributed by atoms with E-state index in [2.05, 4.69) is 31.9 Å². The monoisotopic (exact) mass is 781 g/mol. The zero-order chi connectivity index (χ0) is 33.5. The van der Waals surface area contributed by atoms with Crippen molar-refractivity contribution in [2.24, 2.45) is 29.4 Å². The normalized spacial score (nSPS) is 28.2. The van der Waals surface area contributed by atoms with E-state index in [9.17, 15) is 24.3 Å². The molecule has 47 heavy (non-hydrogen) atoms. The first-order valence-electron chi connectivity index (χ1n) is 14.8. The molecule has 0 aromatic heterocycles. The largest absolute Gasteiger partial charge is 0.503 e. The van der Waals surface area contributed by atoms with E-state index in [1.54, 1.807) is 54.6 Å². The van der Waals surface area contributed by atoms with Gasteiger partial charge >= 0.3 is 6.03 Å². The average Bonchev–Trinajstić information content (AvgIpc) is 3.45. The van der Waals surface area contributed by atoms with Gasteiger partial charge in [0.15, 0.2) is 11.5 Å². The molecule has 13 heteroatoms. The van der Waals surface area contributed by atoms with Gasteiger partial charge in [0.1, 0.15) is 0 Å². The van der Waals surface area contributed by atoms with Crippen LogP contribution in [0.5, 0.6) is 11.5 Å². The van der Waals surface area contributed by atoms with Crippen molar-refractivity contribution in [3.63, 3.8) is 0 Å². The Morgan fingerprint density at radius 1 is 0.979 bits per heavy atom. The van der Waals surface area contributed by atoms with Gasteiger partial charge in [-0.15, -0.1) is 0 Å². The van der Waals surface area contributed by atoms with Gasteiger partial charge < -0.3 is 15.6 Å². The van der Waals surface area contributed by atoms with Crippen LogP contribution in [0.4, 0.5) is 10.5 Å². The molecule has 0 spiro atoms. The maximum absolute atomic E-state index is 15.3. The van der Waals surface area contributed by atoms with E-state index >= 15 is 4.79 Å². The number of allylic oxidation sites excluding steroid dienone is 2. The van der Waals surface area contributed by atoms with E-state index in [1.165, 1.54) is 7.11 Å². The van der Waals surface area contributed by atoms with Crippen LogP contribution in [-0.4, -0.2) is 46.8 Å². The molecule has 2 aliphatic carbocycles. The molecule has 2 saturated heterocycles. The third-order valence-corrected chi connectivity index (χ3v) is 12.5. The molecule has 1 saturated carbocycles. The highest BCUT2D eigenvalue weighted by Crippen LogP contribution is 2.66. The standard InChI is InChI=1S/C34H26Br2ClN3O7/c1-47-23-14-21(26(35)27(36)28(23)41)25-18-10-11-19-24(31(44)40(29(19)42)33(38)46)20(18)13-22-30(43)39(17-9-5-8-16(37)12-17)32(45)34(22,25)15-6-3-2-4-7-15/h2-10,12,14,19-20,22,24-25,41H,11,13H2,1H3,(H2,38,46)/t19-,20+,22-,24-,25+,34+/m0/s1. The number of nitrogens with two attached hydrogens (primary N) is 1. The Labute approximate surface area is 290 Å². The van der Waals surface area contributed by atoms with Gasteiger partial charge in [-0.2, -0.15) is 4.90 Å². The highest BCUT2D eigenvalue weighted by molar-refractivity contribution is 9.13. The molecule has 3 fully saturated rings. The molecule has 7 rings (SSSR count). The number of nitrogens with zero attached hydrogens (tertiary/aromatic N) is 2. The van der Waals surface area contributed by atoms with Crippen LogP contribution in [0.1, 0.15) is 29.9 Å². The minimum absolute atomic E-state index is 0.0413. The second-order valence-corrected chi connectivity index (χ2v) is 14.1. The summed E-state index contributed by atoms with van der Waals surface area (Å²) in [5.74, 6) is -6.90. The second kappa shape index (κ2) is 11.3. The molecule has 4 aliphatic rings. The van der Waals surface area contributed by atoms with Gasteiger partial charge in [0.25, 0.3) is 0 Å². The summed E-state index contributed by atoms with van der Waals surface area (Å²) in [5.41, 5.74) is 5.97. The summed E-state index contributed by atoms with van der Waals surface area (Å²) in [6.07, 6.45) is 2.01. The number of imide groups is 4. The van der Waals surface area contributed by atoms with Crippen LogP contribution in [-0.2, 0) is 24.6 Å². The average molecular weight is 784 g/mol. The van der Waals surface area contributed by atoms with E-state index in [0.29, 0.717) is 36.8 Å². The summed E-state index contributed by atoms with van der Waals surface area (Å²) in [6, 6.07) is 15.9. The van der Waals surface area contributed by atoms with Crippen LogP contribution >= 0.6 is 43.5 Å². The number of likely N-dealkylation sites (tertiary alicyclic amines) is 1. The van der Waals surface area contributed by atoms with Crippen LogP contribution in [0, 0.1) is 23.7 Å². The molecule has 3 N–H and O–H groups in total. The lowest BCUT2D eigenvalue weighted by Gasteiger charge is -2.51. The van der Waals surface area contributed by atoms with Gasteiger partial charge in [-0.3, -0.25) is 19.2 Å². The van der Waals surface area contributed by atoms with Gasteiger partial charge in [-0.1, -0.05) is 59.6 Å². The highest BCUT2D eigenvalue weighted by Gasteiger charge is 2.70. The lowest BCUT2D eigenvalue weighted by Crippen LogP contribution is -2.53. The van der Waals surface area contributed by atoms with E-state index in [0.717, 1.165) is 4.90 Å². The molecule has 0 bridgehead atoms. The molecule has 6 amide bonds. The number of benzene rings is 3. The Hall–Kier alpha value is -4.00. The molecule has 0 radical (unpaired) electrons. The van der Waals surface area contributed by atoms with Gasteiger partial charge in [0.2, 0.25) is 23.6 Å². The van der Waals surface area contributed by atoms with Gasteiger partial charge in [0, 0.05) is 15.4 Å². The molecule has 2 heterocycles. The highest BCUT2D eigenvalue weighted by atomic mass is 79.9. The van der Waals surface area contributed by atoms with Gasteiger partial charge in [-0.25, -0.2) is 9.69 Å². The number of fused-ring (bicyclic) bond motifs is 4. The van der Waals surface area contributed by atoms with Crippen molar-refractivity contribution >= 4 is 78.8 Å². The summed E-state index contributed by atoms with van der Waals surface area (Å²) in [5, 5.41) is 11.2. The Balaban J connectivity index is 1.55. The predicted octanol–water partition coefficient (Wildman–Crippen LogP) is 5.82. The number of anilines is 1. The zero-order valence-corrected chi connectivity index (χ0v) is 28.6. The number of phenolic OH excluding ortho intramolecular Hbond substituents is 1. The number of urea groups is 1. The third kappa shape index (κ3) is 4.30. The summed E-state index contributed by atoms with van der Waals surface area (Å²) < 4.78 is 6.21. The van der Waals surface area contributed by atoms with Crippen molar-refractivity contribution in [3.05, 3.63) is 97.4 Å². The minimum Gasteiger partial charge on any atom is -0.503 e. The number of primary amides is 1. The lowest BCUT2D eigenvalue weighted by molar-refractivity contribution is -0.136. The van der Waals surface area contributed by atoms with Crippen LogP contribution < -0.4 is 15.4 Å². The summed E-state index contributed by atoms with van der Waals surface area (Å²) in [4.78, 5) is 71.1. The second-order valence-electron chi connectivity index (χ2n) is 12.1. The van der Waals surface area contributed by atoms with Crippen molar-refractivity contribution < 1.29 is 33.8 Å². The molecule has 2 aliphatic heterocycles.